The van der Waals surface area contributed by atoms with E-state index in [9.17, 15) is 9.90 Å². The van der Waals surface area contributed by atoms with E-state index in [1.807, 2.05) is 18.2 Å². The van der Waals surface area contributed by atoms with Gasteiger partial charge in [0, 0.05) is 13.1 Å². The van der Waals surface area contributed by atoms with Crippen LogP contribution in [0, 0.1) is 5.41 Å². The molecule has 1 aromatic carbocycles. The predicted octanol–water partition coefficient (Wildman–Crippen LogP) is 2.65. The molecule has 1 aliphatic rings. The van der Waals surface area contributed by atoms with Crippen LogP contribution < -0.4 is 4.74 Å². The van der Waals surface area contributed by atoms with E-state index in [1.165, 1.54) is 0 Å². The van der Waals surface area contributed by atoms with Gasteiger partial charge >= 0.3 is 5.97 Å². The molecular weight excluding hydrogens is 266 g/mol. The number of hydrogen-bond donors (Lipinski definition) is 1. The van der Waals surface area contributed by atoms with Gasteiger partial charge in [-0.05, 0) is 37.6 Å². The van der Waals surface area contributed by atoms with Gasteiger partial charge in [-0.2, -0.15) is 0 Å². The molecule has 2 rings (SSSR count). The first-order valence-corrected chi connectivity index (χ1v) is 6.60. The summed E-state index contributed by atoms with van der Waals surface area (Å²) in [5.74, 6) is -0.0648. The van der Waals surface area contributed by atoms with Gasteiger partial charge in [-0.1, -0.05) is 17.7 Å². The lowest BCUT2D eigenvalue weighted by molar-refractivity contribution is -0.147. The Morgan fingerprint density at radius 3 is 2.84 bits per heavy atom. The number of ether oxygens (including phenoxy) is 1. The van der Waals surface area contributed by atoms with Crippen LogP contribution in [0.1, 0.15) is 18.9 Å². The minimum absolute atomic E-state index is 0.575. The number of carboxylic acid groups (broad SMARTS) is 1. The summed E-state index contributed by atoms with van der Waals surface area (Å²) < 4.78 is 5.11. The van der Waals surface area contributed by atoms with Crippen LogP contribution in [-0.4, -0.2) is 36.2 Å². The highest BCUT2D eigenvalue weighted by molar-refractivity contribution is 6.32. The molecule has 1 fully saturated rings. The fourth-order valence-corrected chi connectivity index (χ4v) is 2.71. The van der Waals surface area contributed by atoms with Crippen molar-refractivity contribution in [3.8, 4) is 5.75 Å². The molecule has 0 aromatic heterocycles. The quantitative estimate of drug-likeness (QED) is 0.923. The Bertz CT molecular complexity index is 492. The summed E-state index contributed by atoms with van der Waals surface area (Å²) in [6, 6.07) is 5.67. The molecular formula is C14H18ClNO3. The first-order chi connectivity index (χ1) is 8.94. The van der Waals surface area contributed by atoms with E-state index in [2.05, 4.69) is 4.90 Å². The van der Waals surface area contributed by atoms with Crippen LogP contribution in [0.15, 0.2) is 18.2 Å². The van der Waals surface area contributed by atoms with Gasteiger partial charge in [-0.15, -0.1) is 0 Å². The van der Waals surface area contributed by atoms with Crippen LogP contribution in [0.4, 0.5) is 0 Å². The van der Waals surface area contributed by atoms with E-state index in [0.29, 0.717) is 30.3 Å². The number of benzene rings is 1. The lowest BCUT2D eigenvalue weighted by Gasteiger charge is -2.20. The summed E-state index contributed by atoms with van der Waals surface area (Å²) in [6.45, 7) is 3.89. The van der Waals surface area contributed by atoms with Crippen molar-refractivity contribution >= 4 is 17.6 Å². The Morgan fingerprint density at radius 2 is 2.32 bits per heavy atom. The third kappa shape index (κ3) is 3.01. The molecule has 1 N–H and O–H groups in total. The number of methoxy groups -OCH3 is 1. The van der Waals surface area contributed by atoms with Gasteiger partial charge in [0.2, 0.25) is 0 Å². The number of carboxylic acids is 1. The maximum atomic E-state index is 11.2. The smallest absolute Gasteiger partial charge is 0.310 e. The van der Waals surface area contributed by atoms with E-state index in [1.54, 1.807) is 14.0 Å². The first-order valence-electron chi connectivity index (χ1n) is 6.23. The maximum absolute atomic E-state index is 11.2. The Labute approximate surface area is 117 Å². The van der Waals surface area contributed by atoms with Crippen molar-refractivity contribution in [1.82, 2.24) is 4.90 Å². The van der Waals surface area contributed by atoms with Crippen molar-refractivity contribution in [1.29, 1.82) is 0 Å². The Morgan fingerprint density at radius 1 is 1.58 bits per heavy atom. The average Bonchev–Trinajstić information content (AvgIpc) is 2.73. The molecule has 0 aliphatic carbocycles. The Hall–Kier alpha value is -1.26. The van der Waals surface area contributed by atoms with Gasteiger partial charge < -0.3 is 9.84 Å². The molecule has 1 atom stereocenters. The van der Waals surface area contributed by atoms with Crippen molar-refractivity contribution in [3.63, 3.8) is 0 Å². The van der Waals surface area contributed by atoms with Crippen LogP contribution in [-0.2, 0) is 11.3 Å². The monoisotopic (exact) mass is 283 g/mol. The summed E-state index contributed by atoms with van der Waals surface area (Å²) in [4.78, 5) is 13.3. The van der Waals surface area contributed by atoms with Gasteiger partial charge in [0.1, 0.15) is 5.75 Å². The second-order valence-electron chi connectivity index (χ2n) is 5.30. The molecule has 1 aliphatic heterocycles. The molecule has 0 bridgehead atoms. The highest BCUT2D eigenvalue weighted by atomic mass is 35.5. The molecule has 1 aromatic rings. The van der Waals surface area contributed by atoms with Crippen molar-refractivity contribution < 1.29 is 14.6 Å². The lowest BCUT2D eigenvalue weighted by atomic mass is 9.90. The summed E-state index contributed by atoms with van der Waals surface area (Å²) in [6.07, 6.45) is 0.687. The fraction of sp³-hybridized carbons (Fsp3) is 0.500. The van der Waals surface area contributed by atoms with Crippen molar-refractivity contribution in [2.24, 2.45) is 5.41 Å². The lowest BCUT2D eigenvalue weighted by Crippen LogP contribution is -2.31. The molecule has 19 heavy (non-hydrogen) atoms. The van der Waals surface area contributed by atoms with Gasteiger partial charge in [0.15, 0.2) is 0 Å². The zero-order valence-corrected chi connectivity index (χ0v) is 11.9. The standard InChI is InChI=1S/C14H18ClNO3/c1-14(13(17)18)5-6-16(9-14)8-10-3-4-12(19-2)11(15)7-10/h3-4,7H,5-6,8-9H2,1-2H3,(H,17,18). The van der Waals surface area contributed by atoms with E-state index in [-0.39, 0.29) is 0 Å². The molecule has 5 heteroatoms. The number of carbonyl (C=O) groups is 1. The van der Waals surface area contributed by atoms with Crippen LogP contribution >= 0.6 is 11.6 Å². The molecule has 1 saturated heterocycles. The fourth-order valence-electron chi connectivity index (χ4n) is 2.43. The third-order valence-corrected chi connectivity index (χ3v) is 3.99. The van der Waals surface area contributed by atoms with Crippen LogP contribution in [0.2, 0.25) is 5.02 Å². The Kier molecular flexibility index (Phi) is 4.02. The summed E-state index contributed by atoms with van der Waals surface area (Å²) in [5.41, 5.74) is 0.441. The Balaban J connectivity index is 2.03. The minimum Gasteiger partial charge on any atom is -0.495 e. The average molecular weight is 284 g/mol. The topological polar surface area (TPSA) is 49.8 Å². The molecule has 1 heterocycles. The zero-order valence-electron chi connectivity index (χ0n) is 11.1. The molecule has 0 amide bonds. The number of hydrogen-bond acceptors (Lipinski definition) is 3. The van der Waals surface area contributed by atoms with Gasteiger partial charge in [0.25, 0.3) is 0 Å². The summed E-state index contributed by atoms with van der Waals surface area (Å²) in [5, 5.41) is 9.79. The van der Waals surface area contributed by atoms with Crippen molar-refractivity contribution in [3.05, 3.63) is 28.8 Å². The maximum Gasteiger partial charge on any atom is 0.310 e. The molecule has 104 valence electrons. The first kappa shape index (κ1) is 14.2. The third-order valence-electron chi connectivity index (χ3n) is 3.69. The van der Waals surface area contributed by atoms with E-state index >= 15 is 0 Å². The van der Waals surface area contributed by atoms with Gasteiger partial charge in [0.05, 0.1) is 17.5 Å². The van der Waals surface area contributed by atoms with E-state index in [0.717, 1.165) is 12.1 Å². The van der Waals surface area contributed by atoms with Crippen LogP contribution in [0.5, 0.6) is 5.75 Å². The number of aliphatic carboxylic acids is 1. The minimum atomic E-state index is -0.720. The number of halogens is 1. The molecule has 0 saturated carbocycles. The summed E-state index contributed by atoms with van der Waals surface area (Å²) in [7, 11) is 1.58. The molecule has 1 unspecified atom stereocenters. The predicted molar refractivity (Wildman–Crippen MR) is 73.6 cm³/mol. The van der Waals surface area contributed by atoms with Crippen LogP contribution in [0.25, 0.3) is 0 Å². The van der Waals surface area contributed by atoms with E-state index < -0.39 is 11.4 Å². The highest BCUT2D eigenvalue weighted by Crippen LogP contribution is 2.32. The van der Waals surface area contributed by atoms with Gasteiger partial charge in [-0.3, -0.25) is 9.69 Å². The second-order valence-corrected chi connectivity index (χ2v) is 5.70. The van der Waals surface area contributed by atoms with Crippen molar-refractivity contribution in [2.75, 3.05) is 20.2 Å². The molecule has 0 radical (unpaired) electrons. The molecule has 0 spiro atoms. The normalized spacial score (nSPS) is 23.5. The highest BCUT2D eigenvalue weighted by Gasteiger charge is 2.40. The van der Waals surface area contributed by atoms with E-state index in [4.69, 9.17) is 16.3 Å². The van der Waals surface area contributed by atoms with Crippen LogP contribution in [0.3, 0.4) is 0 Å². The molecule has 4 nitrogen and oxygen atoms in total. The van der Waals surface area contributed by atoms with Gasteiger partial charge in [-0.25, -0.2) is 0 Å². The van der Waals surface area contributed by atoms with Crippen molar-refractivity contribution in [2.45, 2.75) is 19.9 Å². The second kappa shape index (κ2) is 5.39. The number of likely N-dealkylation sites (tertiary alicyclic amines) is 1. The largest absolute Gasteiger partial charge is 0.495 e. The number of rotatable bonds is 4. The zero-order chi connectivity index (χ0) is 14.0. The number of nitrogens with zero attached hydrogens (tertiary/aromatic N) is 1. The summed E-state index contributed by atoms with van der Waals surface area (Å²) >= 11 is 6.08. The SMILES string of the molecule is COc1ccc(CN2CCC(C)(C(=O)O)C2)cc1Cl.